The van der Waals surface area contributed by atoms with Crippen molar-refractivity contribution >= 4 is 6.03 Å². The molecule has 0 bridgehead atoms. The Balaban J connectivity index is 1.77. The van der Waals surface area contributed by atoms with Gasteiger partial charge in [0.25, 0.3) is 0 Å². The summed E-state index contributed by atoms with van der Waals surface area (Å²) in [5.41, 5.74) is 5.57. The summed E-state index contributed by atoms with van der Waals surface area (Å²) in [5.74, 6) is 0.755. The predicted octanol–water partition coefficient (Wildman–Crippen LogP) is 1.29. The molecule has 0 radical (unpaired) electrons. The fourth-order valence-electron chi connectivity index (χ4n) is 3.52. The molecule has 1 aliphatic heterocycles. The van der Waals surface area contributed by atoms with Gasteiger partial charge in [0, 0.05) is 13.1 Å². The number of fused-ring (bicyclic) bond motifs is 1. The lowest BCUT2D eigenvalue weighted by molar-refractivity contribution is 0.0327. The Kier molecular flexibility index (Phi) is 2.55. The minimum atomic E-state index is -0.722. The third kappa shape index (κ3) is 1.77. The molecule has 0 spiro atoms. The van der Waals surface area contributed by atoms with Crippen LogP contribution in [0.15, 0.2) is 30.3 Å². The summed E-state index contributed by atoms with van der Waals surface area (Å²) in [6.45, 7) is 1.38. The normalized spacial score (nSPS) is 34.6. The van der Waals surface area contributed by atoms with E-state index in [1.807, 2.05) is 30.3 Å². The lowest BCUT2D eigenvalue weighted by Crippen LogP contribution is -2.36. The van der Waals surface area contributed by atoms with Gasteiger partial charge in [-0.25, -0.2) is 4.79 Å². The first kappa shape index (κ1) is 11.5. The molecular weight excluding hydrogens is 228 g/mol. The molecule has 1 heterocycles. The average Bonchev–Trinajstić information content (AvgIpc) is 2.86. The highest BCUT2D eigenvalue weighted by Gasteiger charge is 2.49. The number of benzene rings is 1. The van der Waals surface area contributed by atoms with Crippen LogP contribution in [0.1, 0.15) is 18.4 Å². The van der Waals surface area contributed by atoms with Gasteiger partial charge in [0.2, 0.25) is 0 Å². The lowest BCUT2D eigenvalue weighted by Gasteiger charge is -2.26. The quantitative estimate of drug-likeness (QED) is 0.784. The number of hydrogen-bond acceptors (Lipinski definition) is 2. The summed E-state index contributed by atoms with van der Waals surface area (Å²) in [6.07, 6.45) is 1.46. The van der Waals surface area contributed by atoms with Gasteiger partial charge in [0.1, 0.15) is 0 Å². The standard InChI is InChI=1S/C14H18N2O2/c15-13(17)16-8-10-6-14(18,7-11(10)9-16)12-4-2-1-3-5-12/h1-5,10-11,18H,6-9H2,(H2,15,17). The van der Waals surface area contributed by atoms with Crippen LogP contribution in [-0.2, 0) is 5.60 Å². The second-order valence-corrected chi connectivity index (χ2v) is 5.57. The van der Waals surface area contributed by atoms with E-state index in [9.17, 15) is 9.90 Å². The monoisotopic (exact) mass is 246 g/mol. The van der Waals surface area contributed by atoms with E-state index in [1.165, 1.54) is 0 Å². The Morgan fingerprint density at radius 2 is 1.78 bits per heavy atom. The second-order valence-electron chi connectivity index (χ2n) is 5.57. The number of nitrogens with zero attached hydrogens (tertiary/aromatic N) is 1. The molecule has 18 heavy (non-hydrogen) atoms. The van der Waals surface area contributed by atoms with Crippen molar-refractivity contribution in [3.05, 3.63) is 35.9 Å². The van der Waals surface area contributed by atoms with Crippen LogP contribution in [0.5, 0.6) is 0 Å². The van der Waals surface area contributed by atoms with Crippen LogP contribution >= 0.6 is 0 Å². The third-order valence-corrected chi connectivity index (χ3v) is 4.40. The van der Waals surface area contributed by atoms with Crippen LogP contribution in [0.3, 0.4) is 0 Å². The largest absolute Gasteiger partial charge is 0.385 e. The molecule has 1 saturated heterocycles. The van der Waals surface area contributed by atoms with Crippen molar-refractivity contribution in [3.8, 4) is 0 Å². The summed E-state index contributed by atoms with van der Waals surface area (Å²) in [5, 5.41) is 10.8. The summed E-state index contributed by atoms with van der Waals surface area (Å²) in [6, 6.07) is 9.48. The summed E-state index contributed by atoms with van der Waals surface area (Å²) in [4.78, 5) is 12.8. The Bertz CT molecular complexity index is 446. The van der Waals surface area contributed by atoms with E-state index in [-0.39, 0.29) is 6.03 Å². The summed E-state index contributed by atoms with van der Waals surface area (Å²) < 4.78 is 0. The van der Waals surface area contributed by atoms with Crippen molar-refractivity contribution in [2.45, 2.75) is 18.4 Å². The molecule has 2 fully saturated rings. The van der Waals surface area contributed by atoms with Crippen molar-refractivity contribution in [2.75, 3.05) is 13.1 Å². The number of urea groups is 1. The Morgan fingerprint density at radius 1 is 1.22 bits per heavy atom. The highest BCUT2D eigenvalue weighted by atomic mass is 16.3. The number of rotatable bonds is 1. The smallest absolute Gasteiger partial charge is 0.314 e. The molecule has 96 valence electrons. The molecule has 2 unspecified atom stereocenters. The number of amides is 2. The Hall–Kier alpha value is -1.55. The topological polar surface area (TPSA) is 66.6 Å². The molecule has 4 heteroatoms. The molecule has 2 atom stereocenters. The van der Waals surface area contributed by atoms with E-state index >= 15 is 0 Å². The minimum Gasteiger partial charge on any atom is -0.385 e. The lowest BCUT2D eigenvalue weighted by atomic mass is 9.90. The van der Waals surface area contributed by atoms with Gasteiger partial charge in [-0.3, -0.25) is 0 Å². The summed E-state index contributed by atoms with van der Waals surface area (Å²) >= 11 is 0. The number of nitrogens with two attached hydrogens (primary N) is 1. The Morgan fingerprint density at radius 3 is 2.28 bits per heavy atom. The van der Waals surface area contributed by atoms with E-state index in [4.69, 9.17) is 5.73 Å². The molecule has 3 N–H and O–H groups in total. The van der Waals surface area contributed by atoms with E-state index < -0.39 is 5.60 Å². The minimum absolute atomic E-state index is 0.340. The second kappa shape index (κ2) is 3.99. The van der Waals surface area contributed by atoms with Gasteiger partial charge < -0.3 is 15.7 Å². The van der Waals surface area contributed by atoms with Crippen molar-refractivity contribution in [3.63, 3.8) is 0 Å². The maximum absolute atomic E-state index is 11.1. The van der Waals surface area contributed by atoms with Crippen LogP contribution in [-0.4, -0.2) is 29.1 Å². The van der Waals surface area contributed by atoms with Gasteiger partial charge in [0.05, 0.1) is 5.60 Å². The number of aliphatic hydroxyl groups is 1. The van der Waals surface area contributed by atoms with Gasteiger partial charge in [-0.05, 0) is 30.2 Å². The molecule has 0 aromatic heterocycles. The SMILES string of the molecule is NC(=O)N1CC2CC(O)(c3ccccc3)CC2C1. The van der Waals surface area contributed by atoms with Crippen molar-refractivity contribution in [1.82, 2.24) is 4.90 Å². The van der Waals surface area contributed by atoms with E-state index in [2.05, 4.69) is 0 Å². The molecule has 3 rings (SSSR count). The molecule has 1 saturated carbocycles. The first-order valence-corrected chi connectivity index (χ1v) is 6.41. The van der Waals surface area contributed by atoms with Crippen LogP contribution in [0.4, 0.5) is 4.79 Å². The van der Waals surface area contributed by atoms with Gasteiger partial charge in [0.15, 0.2) is 0 Å². The molecule has 1 aromatic carbocycles. The number of carbonyl (C=O) groups is 1. The van der Waals surface area contributed by atoms with E-state index in [1.54, 1.807) is 4.90 Å². The zero-order valence-electron chi connectivity index (χ0n) is 10.2. The summed E-state index contributed by atoms with van der Waals surface area (Å²) in [7, 11) is 0. The van der Waals surface area contributed by atoms with Gasteiger partial charge in [-0.15, -0.1) is 0 Å². The van der Waals surface area contributed by atoms with E-state index in [0.717, 1.165) is 18.4 Å². The molecular formula is C14H18N2O2. The fraction of sp³-hybridized carbons (Fsp3) is 0.500. The van der Waals surface area contributed by atoms with Crippen molar-refractivity contribution in [2.24, 2.45) is 17.6 Å². The first-order valence-electron chi connectivity index (χ1n) is 6.41. The van der Waals surface area contributed by atoms with Crippen molar-refractivity contribution in [1.29, 1.82) is 0 Å². The maximum atomic E-state index is 11.1. The number of hydrogen-bond donors (Lipinski definition) is 2. The first-order chi connectivity index (χ1) is 8.58. The van der Waals surface area contributed by atoms with Crippen LogP contribution in [0, 0.1) is 11.8 Å². The van der Waals surface area contributed by atoms with Crippen LogP contribution in [0.25, 0.3) is 0 Å². The fourth-order valence-corrected chi connectivity index (χ4v) is 3.52. The number of primary amides is 1. The third-order valence-electron chi connectivity index (χ3n) is 4.40. The maximum Gasteiger partial charge on any atom is 0.314 e. The predicted molar refractivity (Wildman–Crippen MR) is 67.7 cm³/mol. The van der Waals surface area contributed by atoms with Gasteiger partial charge in [-0.2, -0.15) is 0 Å². The van der Waals surface area contributed by atoms with Crippen molar-refractivity contribution < 1.29 is 9.90 Å². The molecule has 1 aromatic rings. The number of carbonyl (C=O) groups excluding carboxylic acids is 1. The molecule has 4 nitrogen and oxygen atoms in total. The van der Waals surface area contributed by atoms with Crippen LogP contribution < -0.4 is 5.73 Å². The van der Waals surface area contributed by atoms with E-state index in [0.29, 0.717) is 24.9 Å². The highest BCUT2D eigenvalue weighted by Crippen LogP contribution is 2.48. The zero-order chi connectivity index (χ0) is 12.8. The molecule has 2 aliphatic rings. The highest BCUT2D eigenvalue weighted by molar-refractivity contribution is 5.72. The van der Waals surface area contributed by atoms with Gasteiger partial charge >= 0.3 is 6.03 Å². The number of likely N-dealkylation sites (tertiary alicyclic amines) is 1. The molecule has 2 amide bonds. The average molecular weight is 246 g/mol. The zero-order valence-corrected chi connectivity index (χ0v) is 10.2. The van der Waals surface area contributed by atoms with Gasteiger partial charge in [-0.1, -0.05) is 30.3 Å². The van der Waals surface area contributed by atoms with Crippen LogP contribution in [0.2, 0.25) is 0 Å². The molecule has 1 aliphatic carbocycles. The Labute approximate surface area is 106 Å².